The summed E-state index contributed by atoms with van der Waals surface area (Å²) >= 11 is 0. The predicted molar refractivity (Wildman–Crippen MR) is 75.9 cm³/mol. The lowest BCUT2D eigenvalue weighted by atomic mass is 10.0. The highest BCUT2D eigenvalue weighted by Crippen LogP contribution is 2.40. The number of benzene rings is 1. The highest BCUT2D eigenvalue weighted by atomic mass is 16.7. The van der Waals surface area contributed by atoms with Gasteiger partial charge in [-0.05, 0) is 18.1 Å². The Balaban J connectivity index is 2.11. The Bertz CT molecular complexity index is 443. The van der Waals surface area contributed by atoms with Crippen molar-refractivity contribution in [1.29, 1.82) is 0 Å². The third kappa shape index (κ3) is 3.32. The van der Waals surface area contributed by atoms with Crippen molar-refractivity contribution in [3.05, 3.63) is 18.2 Å². The van der Waals surface area contributed by atoms with Gasteiger partial charge in [-0.15, -0.1) is 0 Å². The monoisotopic (exact) mass is 265 g/mol. The molecule has 2 rings (SSSR count). The van der Waals surface area contributed by atoms with Crippen LogP contribution in [0.15, 0.2) is 18.2 Å². The summed E-state index contributed by atoms with van der Waals surface area (Å²) in [5.74, 6) is 1.49. The summed E-state index contributed by atoms with van der Waals surface area (Å²) in [7, 11) is 1.72. The highest BCUT2D eigenvalue weighted by Gasteiger charge is 2.31. The fraction of sp³-hybridized carbons (Fsp3) is 0.600. The van der Waals surface area contributed by atoms with E-state index in [0.29, 0.717) is 12.5 Å². The molecule has 0 fully saturated rings. The minimum absolute atomic E-state index is 0.276. The van der Waals surface area contributed by atoms with Crippen LogP contribution in [-0.2, 0) is 4.74 Å². The second-order valence-electron chi connectivity index (χ2n) is 5.72. The SMILES string of the molecule is COCC(Nc1ccc2c(c1)OC(C)(C)O2)C(C)C. The van der Waals surface area contributed by atoms with Crippen LogP contribution >= 0.6 is 0 Å². The Hall–Kier alpha value is -1.42. The summed E-state index contributed by atoms with van der Waals surface area (Å²) in [6, 6.07) is 6.21. The van der Waals surface area contributed by atoms with Crippen molar-refractivity contribution >= 4 is 5.69 Å². The fourth-order valence-corrected chi connectivity index (χ4v) is 2.11. The molecule has 0 bridgehead atoms. The van der Waals surface area contributed by atoms with Gasteiger partial charge in [0.1, 0.15) is 0 Å². The third-order valence-corrected chi connectivity index (χ3v) is 3.16. The zero-order chi connectivity index (χ0) is 14.0. The van der Waals surface area contributed by atoms with Gasteiger partial charge in [-0.2, -0.15) is 0 Å². The molecule has 4 nitrogen and oxygen atoms in total. The van der Waals surface area contributed by atoms with Crippen LogP contribution < -0.4 is 14.8 Å². The van der Waals surface area contributed by atoms with Crippen molar-refractivity contribution in [3.8, 4) is 11.5 Å². The third-order valence-electron chi connectivity index (χ3n) is 3.16. The Kier molecular flexibility index (Phi) is 3.90. The summed E-state index contributed by atoms with van der Waals surface area (Å²) < 4.78 is 16.7. The molecule has 19 heavy (non-hydrogen) atoms. The number of rotatable bonds is 5. The number of methoxy groups -OCH3 is 1. The Morgan fingerprint density at radius 3 is 2.53 bits per heavy atom. The molecule has 0 aromatic heterocycles. The maximum atomic E-state index is 5.74. The first-order valence-electron chi connectivity index (χ1n) is 6.69. The van der Waals surface area contributed by atoms with Crippen molar-refractivity contribution in [1.82, 2.24) is 0 Å². The summed E-state index contributed by atoms with van der Waals surface area (Å²) in [5.41, 5.74) is 1.02. The van der Waals surface area contributed by atoms with E-state index in [-0.39, 0.29) is 6.04 Å². The van der Waals surface area contributed by atoms with Crippen LogP contribution in [-0.4, -0.2) is 25.5 Å². The molecule has 106 valence electrons. The number of hydrogen-bond donors (Lipinski definition) is 1. The van der Waals surface area contributed by atoms with Gasteiger partial charge in [0.15, 0.2) is 11.5 Å². The normalized spacial score (nSPS) is 17.6. The number of nitrogens with one attached hydrogen (secondary N) is 1. The molecule has 0 spiro atoms. The molecular weight excluding hydrogens is 242 g/mol. The molecule has 1 aliphatic rings. The van der Waals surface area contributed by atoms with Crippen LogP contribution in [0.3, 0.4) is 0 Å². The van der Waals surface area contributed by atoms with Crippen molar-refractivity contribution in [3.63, 3.8) is 0 Å². The fourth-order valence-electron chi connectivity index (χ4n) is 2.11. The molecule has 4 heteroatoms. The molecule has 0 saturated carbocycles. The Morgan fingerprint density at radius 1 is 1.21 bits per heavy atom. The Labute approximate surface area is 115 Å². The van der Waals surface area contributed by atoms with Crippen LogP contribution in [0.25, 0.3) is 0 Å². The van der Waals surface area contributed by atoms with E-state index in [1.165, 1.54) is 0 Å². The van der Waals surface area contributed by atoms with Crippen LogP contribution in [0.5, 0.6) is 11.5 Å². The second-order valence-corrected chi connectivity index (χ2v) is 5.72. The lowest BCUT2D eigenvalue weighted by Crippen LogP contribution is -2.30. The molecule has 1 aromatic carbocycles. The maximum Gasteiger partial charge on any atom is 0.246 e. The molecule has 1 heterocycles. The summed E-state index contributed by atoms with van der Waals surface area (Å²) in [5, 5.41) is 3.48. The molecular formula is C15H23NO3. The van der Waals surface area contributed by atoms with Gasteiger partial charge < -0.3 is 19.5 Å². The number of ether oxygens (including phenoxy) is 3. The standard InChI is InChI=1S/C15H23NO3/c1-10(2)12(9-17-5)16-11-6-7-13-14(8-11)19-15(3,4)18-13/h6-8,10,12,16H,9H2,1-5H3. The van der Waals surface area contributed by atoms with Crippen LogP contribution in [0, 0.1) is 5.92 Å². The first-order chi connectivity index (χ1) is 8.91. The minimum Gasteiger partial charge on any atom is -0.449 e. The summed E-state index contributed by atoms with van der Waals surface area (Å²) in [4.78, 5) is 0. The first-order valence-corrected chi connectivity index (χ1v) is 6.69. The van der Waals surface area contributed by atoms with Gasteiger partial charge >= 0.3 is 0 Å². The zero-order valence-electron chi connectivity index (χ0n) is 12.3. The molecule has 0 radical (unpaired) electrons. The lowest BCUT2D eigenvalue weighted by molar-refractivity contribution is -0.0431. The van der Waals surface area contributed by atoms with E-state index in [0.717, 1.165) is 17.2 Å². The van der Waals surface area contributed by atoms with Crippen molar-refractivity contribution in [2.75, 3.05) is 19.0 Å². The van der Waals surface area contributed by atoms with Crippen molar-refractivity contribution in [2.24, 2.45) is 5.92 Å². The number of anilines is 1. The van der Waals surface area contributed by atoms with Gasteiger partial charge in [-0.25, -0.2) is 0 Å². The molecule has 0 amide bonds. The summed E-state index contributed by atoms with van der Waals surface area (Å²) in [6.45, 7) is 8.83. The van der Waals surface area contributed by atoms with Crippen molar-refractivity contribution in [2.45, 2.75) is 39.5 Å². The topological polar surface area (TPSA) is 39.7 Å². The van der Waals surface area contributed by atoms with Gasteiger partial charge in [0.2, 0.25) is 5.79 Å². The second kappa shape index (κ2) is 5.29. The molecule has 1 aromatic rings. The average Bonchev–Trinajstić information content (AvgIpc) is 2.61. The van der Waals surface area contributed by atoms with Crippen LogP contribution in [0.4, 0.5) is 5.69 Å². The molecule has 1 N–H and O–H groups in total. The molecule has 1 unspecified atom stereocenters. The molecule has 1 aliphatic heterocycles. The van der Waals surface area contributed by atoms with Crippen LogP contribution in [0.2, 0.25) is 0 Å². The van der Waals surface area contributed by atoms with E-state index in [1.807, 2.05) is 32.0 Å². The summed E-state index contributed by atoms with van der Waals surface area (Å²) in [6.07, 6.45) is 0. The minimum atomic E-state index is -0.578. The van der Waals surface area contributed by atoms with E-state index < -0.39 is 5.79 Å². The van der Waals surface area contributed by atoms with Gasteiger partial charge in [-0.3, -0.25) is 0 Å². The predicted octanol–water partition coefficient (Wildman–Crippen LogP) is 3.28. The number of fused-ring (bicyclic) bond motifs is 1. The smallest absolute Gasteiger partial charge is 0.246 e. The molecule has 1 atom stereocenters. The van der Waals surface area contributed by atoms with E-state index in [1.54, 1.807) is 7.11 Å². The van der Waals surface area contributed by atoms with E-state index in [4.69, 9.17) is 14.2 Å². The molecule has 0 aliphatic carbocycles. The van der Waals surface area contributed by atoms with Crippen LogP contribution in [0.1, 0.15) is 27.7 Å². The van der Waals surface area contributed by atoms with Gasteiger partial charge in [0.05, 0.1) is 12.6 Å². The van der Waals surface area contributed by atoms with Crippen molar-refractivity contribution < 1.29 is 14.2 Å². The maximum absolute atomic E-state index is 5.74. The van der Waals surface area contributed by atoms with Gasteiger partial charge in [0, 0.05) is 32.7 Å². The van der Waals surface area contributed by atoms with Gasteiger partial charge in [0.25, 0.3) is 0 Å². The average molecular weight is 265 g/mol. The largest absolute Gasteiger partial charge is 0.449 e. The van der Waals surface area contributed by atoms with E-state index in [9.17, 15) is 0 Å². The highest BCUT2D eigenvalue weighted by molar-refractivity contribution is 5.56. The first kappa shape index (κ1) is 14.0. The quantitative estimate of drug-likeness (QED) is 0.887. The van der Waals surface area contributed by atoms with E-state index in [2.05, 4.69) is 19.2 Å². The molecule has 0 saturated heterocycles. The van der Waals surface area contributed by atoms with E-state index >= 15 is 0 Å². The zero-order valence-corrected chi connectivity index (χ0v) is 12.3. The Morgan fingerprint density at radius 2 is 1.89 bits per heavy atom. The lowest BCUT2D eigenvalue weighted by Gasteiger charge is -2.22. The van der Waals surface area contributed by atoms with Gasteiger partial charge in [-0.1, -0.05) is 13.8 Å². The number of hydrogen-bond acceptors (Lipinski definition) is 4.